The van der Waals surface area contributed by atoms with E-state index in [-0.39, 0.29) is 11.5 Å². The molecule has 1 aliphatic rings. The van der Waals surface area contributed by atoms with Gasteiger partial charge >= 0.3 is 0 Å². The van der Waals surface area contributed by atoms with Gasteiger partial charge in [-0.3, -0.25) is 4.79 Å². The third-order valence-electron chi connectivity index (χ3n) is 5.02. The number of carbonyl (C=O) groups excluding carboxylic acids is 1. The number of aromatic nitrogens is 3. The van der Waals surface area contributed by atoms with Crippen molar-refractivity contribution in [3.05, 3.63) is 58.8 Å². The van der Waals surface area contributed by atoms with Gasteiger partial charge in [0.25, 0.3) is 5.91 Å². The van der Waals surface area contributed by atoms with Crippen LogP contribution in [0.3, 0.4) is 0 Å². The molecule has 0 N–H and O–H groups in total. The molecule has 0 spiro atoms. The van der Waals surface area contributed by atoms with Gasteiger partial charge in [0.1, 0.15) is 23.0 Å². The maximum Gasteiger partial charge on any atom is 0.259 e. The minimum Gasteiger partial charge on any atom is -0.367 e. The zero-order valence-electron chi connectivity index (χ0n) is 15.7. The van der Waals surface area contributed by atoms with Crippen LogP contribution in [0.2, 0.25) is 0 Å². The van der Waals surface area contributed by atoms with E-state index in [1.54, 1.807) is 27.7 Å². The normalized spacial score (nSPS) is 14.4. The first kappa shape index (κ1) is 17.9. The molecule has 1 aromatic carbocycles. The van der Waals surface area contributed by atoms with Crippen molar-refractivity contribution in [3.8, 4) is 6.07 Å². The third kappa shape index (κ3) is 2.95. The summed E-state index contributed by atoms with van der Waals surface area (Å²) >= 11 is 0. The molecule has 1 fully saturated rings. The van der Waals surface area contributed by atoms with Crippen molar-refractivity contribution in [2.24, 2.45) is 0 Å². The number of hydrogen-bond donors (Lipinski definition) is 0. The van der Waals surface area contributed by atoms with E-state index >= 15 is 0 Å². The molecule has 142 valence electrons. The molecule has 0 radical (unpaired) electrons. The number of amides is 1. The molecule has 1 aliphatic heterocycles. The van der Waals surface area contributed by atoms with Gasteiger partial charge < -0.3 is 9.80 Å². The van der Waals surface area contributed by atoms with E-state index in [0.717, 1.165) is 11.4 Å². The smallest absolute Gasteiger partial charge is 0.259 e. The zero-order chi connectivity index (χ0) is 19.8. The summed E-state index contributed by atoms with van der Waals surface area (Å²) in [5.74, 6) is -0.645. The van der Waals surface area contributed by atoms with Crippen LogP contribution < -0.4 is 4.90 Å². The Bertz CT molecular complexity index is 1110. The number of nitriles is 1. The fourth-order valence-electron chi connectivity index (χ4n) is 3.63. The Morgan fingerprint density at radius 2 is 1.96 bits per heavy atom. The van der Waals surface area contributed by atoms with E-state index in [1.807, 2.05) is 30.9 Å². The molecule has 0 aliphatic carbocycles. The summed E-state index contributed by atoms with van der Waals surface area (Å²) in [6.45, 7) is 5.81. The van der Waals surface area contributed by atoms with Crippen LogP contribution in [0.1, 0.15) is 27.3 Å². The maximum absolute atomic E-state index is 13.9. The van der Waals surface area contributed by atoms with Crippen LogP contribution in [0, 0.1) is 31.0 Å². The lowest BCUT2D eigenvalue weighted by Gasteiger charge is -2.36. The molecule has 0 saturated carbocycles. The largest absolute Gasteiger partial charge is 0.367 e. The van der Waals surface area contributed by atoms with E-state index in [4.69, 9.17) is 0 Å². The van der Waals surface area contributed by atoms with Gasteiger partial charge in [0.05, 0.1) is 11.9 Å². The Kier molecular flexibility index (Phi) is 4.43. The number of hydrogen-bond acceptors (Lipinski definition) is 5. The van der Waals surface area contributed by atoms with E-state index in [0.29, 0.717) is 43.1 Å². The molecule has 0 bridgehead atoms. The summed E-state index contributed by atoms with van der Waals surface area (Å²) < 4.78 is 15.5. The van der Waals surface area contributed by atoms with Crippen LogP contribution in [0.5, 0.6) is 0 Å². The molecule has 8 heteroatoms. The number of piperazine rings is 1. The van der Waals surface area contributed by atoms with Crippen LogP contribution >= 0.6 is 0 Å². The van der Waals surface area contributed by atoms with Crippen LogP contribution in [0.25, 0.3) is 5.65 Å². The second-order valence-electron chi connectivity index (χ2n) is 6.86. The second kappa shape index (κ2) is 6.93. The highest BCUT2D eigenvalue weighted by molar-refractivity contribution is 5.99. The second-order valence-corrected chi connectivity index (χ2v) is 6.86. The van der Waals surface area contributed by atoms with Crippen molar-refractivity contribution >= 4 is 17.2 Å². The number of fused-ring (bicyclic) bond motifs is 1. The molecule has 2 aromatic heterocycles. The molecule has 1 saturated heterocycles. The molecule has 1 amide bonds. The van der Waals surface area contributed by atoms with Crippen LogP contribution in [-0.2, 0) is 0 Å². The van der Waals surface area contributed by atoms with E-state index in [9.17, 15) is 14.4 Å². The number of benzene rings is 1. The maximum atomic E-state index is 13.9. The number of halogens is 1. The first-order chi connectivity index (χ1) is 13.5. The van der Waals surface area contributed by atoms with E-state index in [2.05, 4.69) is 10.1 Å². The lowest BCUT2D eigenvalue weighted by Crippen LogP contribution is -2.49. The summed E-state index contributed by atoms with van der Waals surface area (Å²) in [5.41, 5.74) is 3.39. The average molecular weight is 378 g/mol. The highest BCUT2D eigenvalue weighted by Crippen LogP contribution is 2.24. The molecule has 28 heavy (non-hydrogen) atoms. The Morgan fingerprint density at radius 3 is 2.68 bits per heavy atom. The predicted octanol–water partition coefficient (Wildman–Crippen LogP) is 2.32. The average Bonchev–Trinajstić information content (AvgIpc) is 3.11. The van der Waals surface area contributed by atoms with Gasteiger partial charge in [-0.2, -0.15) is 10.4 Å². The van der Waals surface area contributed by atoms with Gasteiger partial charge in [-0.25, -0.2) is 13.9 Å². The standard InChI is InChI=1S/C20H19FN6O/c1-13-10-14(2)27-19(24-13)16(12-23-27)20(28)26-8-6-25(7-9-26)18-5-3-4-17(21)15(18)11-22/h3-5,10,12H,6-9H2,1-2H3. The number of anilines is 1. The predicted molar refractivity (Wildman–Crippen MR) is 102 cm³/mol. The van der Waals surface area contributed by atoms with Crippen molar-refractivity contribution in [1.82, 2.24) is 19.5 Å². The Balaban J connectivity index is 1.54. The molecular weight excluding hydrogens is 359 g/mol. The fraction of sp³-hybridized carbons (Fsp3) is 0.300. The lowest BCUT2D eigenvalue weighted by molar-refractivity contribution is 0.0748. The monoisotopic (exact) mass is 378 g/mol. The molecule has 3 heterocycles. The van der Waals surface area contributed by atoms with Gasteiger partial charge in [0.2, 0.25) is 0 Å². The van der Waals surface area contributed by atoms with Crippen molar-refractivity contribution in [3.63, 3.8) is 0 Å². The Morgan fingerprint density at radius 1 is 1.21 bits per heavy atom. The van der Waals surface area contributed by atoms with Crippen LogP contribution in [0.4, 0.5) is 10.1 Å². The third-order valence-corrected chi connectivity index (χ3v) is 5.02. The molecule has 7 nitrogen and oxygen atoms in total. The summed E-state index contributed by atoms with van der Waals surface area (Å²) in [7, 11) is 0. The Labute approximate surface area is 161 Å². The SMILES string of the molecule is Cc1cc(C)n2ncc(C(=O)N3CCN(c4cccc(F)c4C#N)CC3)c2n1. The minimum atomic E-state index is -0.526. The zero-order valence-corrected chi connectivity index (χ0v) is 15.7. The van der Waals surface area contributed by atoms with Crippen molar-refractivity contribution in [1.29, 1.82) is 5.26 Å². The van der Waals surface area contributed by atoms with Crippen LogP contribution in [0.15, 0.2) is 30.5 Å². The van der Waals surface area contributed by atoms with Crippen LogP contribution in [-0.4, -0.2) is 51.6 Å². The van der Waals surface area contributed by atoms with Crippen molar-refractivity contribution in [2.75, 3.05) is 31.1 Å². The number of rotatable bonds is 2. The quantitative estimate of drug-likeness (QED) is 0.684. The minimum absolute atomic E-state index is 0.0417. The first-order valence-corrected chi connectivity index (χ1v) is 9.04. The number of carbonyl (C=O) groups is 1. The van der Waals surface area contributed by atoms with Gasteiger partial charge in [-0.15, -0.1) is 0 Å². The Hall–Kier alpha value is -3.47. The van der Waals surface area contributed by atoms with Crippen molar-refractivity contribution < 1.29 is 9.18 Å². The molecule has 3 aromatic rings. The highest BCUT2D eigenvalue weighted by Gasteiger charge is 2.26. The highest BCUT2D eigenvalue weighted by atomic mass is 19.1. The van der Waals surface area contributed by atoms with Gasteiger partial charge in [0.15, 0.2) is 5.65 Å². The van der Waals surface area contributed by atoms with E-state index < -0.39 is 5.82 Å². The van der Waals surface area contributed by atoms with Gasteiger partial charge in [-0.1, -0.05) is 6.07 Å². The lowest BCUT2D eigenvalue weighted by atomic mass is 10.1. The summed E-state index contributed by atoms with van der Waals surface area (Å²) in [6, 6.07) is 8.46. The fourth-order valence-corrected chi connectivity index (χ4v) is 3.63. The molecule has 0 atom stereocenters. The first-order valence-electron chi connectivity index (χ1n) is 9.04. The van der Waals surface area contributed by atoms with Gasteiger partial charge in [0, 0.05) is 37.6 Å². The molecular formula is C20H19FN6O. The summed E-state index contributed by atoms with van der Waals surface area (Å²) in [6.07, 6.45) is 1.56. The van der Waals surface area contributed by atoms with Gasteiger partial charge in [-0.05, 0) is 32.0 Å². The number of aryl methyl sites for hydroxylation is 2. The number of nitrogens with zero attached hydrogens (tertiary/aromatic N) is 6. The topological polar surface area (TPSA) is 77.5 Å². The van der Waals surface area contributed by atoms with E-state index in [1.165, 1.54) is 6.07 Å². The molecule has 4 rings (SSSR count). The molecule has 0 unspecified atom stereocenters. The van der Waals surface area contributed by atoms with Crippen molar-refractivity contribution in [2.45, 2.75) is 13.8 Å². The summed E-state index contributed by atoms with van der Waals surface area (Å²) in [5, 5.41) is 13.5. The summed E-state index contributed by atoms with van der Waals surface area (Å²) in [4.78, 5) is 21.2.